The van der Waals surface area contributed by atoms with Gasteiger partial charge in [0.15, 0.2) is 11.0 Å². The lowest BCUT2D eigenvalue weighted by atomic mass is 10.0. The van der Waals surface area contributed by atoms with E-state index in [1.807, 2.05) is 14.1 Å². The molecule has 0 aliphatic rings. The predicted octanol–water partition coefficient (Wildman–Crippen LogP) is 6.43. The molecule has 2 aromatic carbocycles. The summed E-state index contributed by atoms with van der Waals surface area (Å²) in [5, 5.41) is 0. The van der Waals surface area contributed by atoms with Crippen LogP contribution in [0.4, 0.5) is 23.4 Å². The molecular formula is C41H31F4N9O3. The summed E-state index contributed by atoms with van der Waals surface area (Å²) in [6.07, 6.45) is 8.54. The van der Waals surface area contributed by atoms with Crippen LogP contribution >= 0.6 is 0 Å². The van der Waals surface area contributed by atoms with E-state index in [-0.39, 0.29) is 35.2 Å². The van der Waals surface area contributed by atoms with Crippen LogP contribution in [0.15, 0.2) is 120 Å². The minimum Gasteiger partial charge on any atom is -0.481 e. The van der Waals surface area contributed by atoms with E-state index in [0.717, 1.165) is 9.13 Å². The largest absolute Gasteiger partial charge is 0.481 e. The van der Waals surface area contributed by atoms with Crippen molar-refractivity contribution in [3.8, 4) is 28.1 Å². The number of nitrogens with zero attached hydrogens (tertiary/aromatic N) is 9. The second-order valence-corrected chi connectivity index (χ2v) is 12.8. The molecule has 0 saturated carbocycles. The Hall–Kier alpha value is -7.36. The number of rotatable bonds is 8. The van der Waals surface area contributed by atoms with Crippen LogP contribution in [0.25, 0.3) is 44.3 Å². The van der Waals surface area contributed by atoms with E-state index in [1.54, 1.807) is 59.6 Å². The number of hydrogen-bond donors (Lipinski definition) is 0. The Morgan fingerprint density at radius 3 is 1.47 bits per heavy atom. The summed E-state index contributed by atoms with van der Waals surface area (Å²) in [7, 11) is 5.13. The van der Waals surface area contributed by atoms with E-state index in [0.29, 0.717) is 45.0 Å². The summed E-state index contributed by atoms with van der Waals surface area (Å²) in [6, 6.07) is 18.2. The first-order chi connectivity index (χ1) is 27.5. The van der Waals surface area contributed by atoms with Gasteiger partial charge < -0.3 is 9.64 Å². The van der Waals surface area contributed by atoms with Gasteiger partial charge in [-0.1, -0.05) is 0 Å². The van der Waals surface area contributed by atoms with Crippen molar-refractivity contribution in [2.45, 2.75) is 13.1 Å². The maximum Gasteiger partial charge on any atom is 0.280 e. The van der Waals surface area contributed by atoms with Crippen LogP contribution < -0.4 is 20.8 Å². The fourth-order valence-corrected chi connectivity index (χ4v) is 5.92. The van der Waals surface area contributed by atoms with Gasteiger partial charge in [0, 0.05) is 56.1 Å². The molecule has 16 heteroatoms. The lowest BCUT2D eigenvalue weighted by Gasteiger charge is -2.13. The second kappa shape index (κ2) is 16.2. The number of aromatic nitrogens is 8. The summed E-state index contributed by atoms with van der Waals surface area (Å²) in [4.78, 5) is 51.3. The SMILES string of the molecule is CN(C)c1cc(-c2cc(F)c(Cn3cnc4cccnc4c3=O)c(F)c2)ccn1.COc1cc(-c2cc(F)c(Cn3cnc4cccnc4c3=O)c(F)c2)ccn1. The predicted molar refractivity (Wildman–Crippen MR) is 206 cm³/mol. The first-order valence-electron chi connectivity index (χ1n) is 17.2. The molecule has 0 amide bonds. The van der Waals surface area contributed by atoms with E-state index in [1.165, 1.54) is 62.6 Å². The molecule has 6 heterocycles. The van der Waals surface area contributed by atoms with E-state index in [4.69, 9.17) is 4.74 Å². The average molecular weight is 774 g/mol. The van der Waals surface area contributed by atoms with Gasteiger partial charge in [0.25, 0.3) is 11.1 Å². The number of pyridine rings is 4. The fourth-order valence-electron chi connectivity index (χ4n) is 5.92. The van der Waals surface area contributed by atoms with Crippen molar-refractivity contribution in [3.05, 3.63) is 165 Å². The van der Waals surface area contributed by atoms with Crippen molar-refractivity contribution in [2.75, 3.05) is 26.1 Å². The Kier molecular flexibility index (Phi) is 10.8. The molecule has 0 fully saturated rings. The van der Waals surface area contributed by atoms with Gasteiger partial charge in [-0.05, 0) is 89.0 Å². The number of benzene rings is 2. The summed E-state index contributed by atoms with van der Waals surface area (Å²) in [5.74, 6) is -2.00. The molecule has 0 radical (unpaired) electrons. The van der Waals surface area contributed by atoms with Gasteiger partial charge in [0.1, 0.15) is 29.1 Å². The molecule has 0 aliphatic heterocycles. The summed E-state index contributed by atoms with van der Waals surface area (Å²) < 4.78 is 66.2. The molecule has 286 valence electrons. The highest BCUT2D eigenvalue weighted by Gasteiger charge is 2.17. The van der Waals surface area contributed by atoms with E-state index in [2.05, 4.69) is 29.9 Å². The maximum atomic E-state index is 14.8. The second-order valence-electron chi connectivity index (χ2n) is 12.8. The minimum absolute atomic E-state index is 0.145. The molecule has 0 atom stereocenters. The van der Waals surface area contributed by atoms with Crippen LogP contribution in [0.1, 0.15) is 11.1 Å². The summed E-state index contributed by atoms with van der Waals surface area (Å²) in [6.45, 7) is -0.578. The molecule has 0 spiro atoms. The highest BCUT2D eigenvalue weighted by molar-refractivity contribution is 5.73. The minimum atomic E-state index is -0.765. The van der Waals surface area contributed by atoms with Crippen molar-refractivity contribution >= 4 is 27.9 Å². The Labute approximate surface area is 321 Å². The normalized spacial score (nSPS) is 11.0. The topological polar surface area (TPSA) is 134 Å². The molecule has 57 heavy (non-hydrogen) atoms. The third-order valence-electron chi connectivity index (χ3n) is 8.93. The van der Waals surface area contributed by atoms with Gasteiger partial charge in [0.2, 0.25) is 5.88 Å². The molecule has 0 N–H and O–H groups in total. The summed E-state index contributed by atoms with van der Waals surface area (Å²) in [5.41, 5.74) is 1.71. The van der Waals surface area contributed by atoms with Gasteiger partial charge in [-0.15, -0.1) is 0 Å². The third kappa shape index (κ3) is 8.05. The molecule has 0 aliphatic carbocycles. The zero-order valence-electron chi connectivity index (χ0n) is 30.6. The van der Waals surface area contributed by atoms with Crippen LogP contribution in [0, 0.1) is 23.3 Å². The molecule has 6 aromatic heterocycles. The van der Waals surface area contributed by atoms with Crippen molar-refractivity contribution in [3.63, 3.8) is 0 Å². The lowest BCUT2D eigenvalue weighted by molar-refractivity contribution is 0.398. The standard InChI is InChI=1S/C21H17F2N5O.C20H14F2N4O2/c1-27(2)19-10-13(5-7-24-19)14-8-16(22)15(17(23)9-14)11-28-12-26-18-4-3-6-25-20(18)21(28)29;1-28-18-9-12(4-6-23-18)13-7-15(21)14(16(22)8-13)10-26-11-25-17-3-2-5-24-19(17)20(26)27/h3-10,12H,11H2,1-2H3;2-9,11H,10H2,1H3. The fraction of sp³-hybridized carbons (Fsp3) is 0.122. The van der Waals surface area contributed by atoms with Gasteiger partial charge in [-0.25, -0.2) is 47.5 Å². The Bertz CT molecular complexity index is 2860. The Morgan fingerprint density at radius 2 is 1.02 bits per heavy atom. The van der Waals surface area contributed by atoms with Crippen LogP contribution in [-0.2, 0) is 13.1 Å². The van der Waals surface area contributed by atoms with Crippen molar-refractivity contribution < 1.29 is 22.3 Å². The van der Waals surface area contributed by atoms with E-state index in [9.17, 15) is 27.2 Å². The number of ether oxygens (including phenoxy) is 1. The van der Waals surface area contributed by atoms with Crippen molar-refractivity contribution in [2.24, 2.45) is 0 Å². The van der Waals surface area contributed by atoms with Crippen LogP contribution in [-0.4, -0.2) is 60.2 Å². The zero-order chi connectivity index (χ0) is 40.2. The molecule has 0 unspecified atom stereocenters. The van der Waals surface area contributed by atoms with Crippen molar-refractivity contribution in [1.82, 2.24) is 39.0 Å². The van der Waals surface area contributed by atoms with Crippen LogP contribution in [0.2, 0.25) is 0 Å². The lowest BCUT2D eigenvalue weighted by Crippen LogP contribution is -2.23. The number of halogens is 4. The highest BCUT2D eigenvalue weighted by Crippen LogP contribution is 2.28. The number of anilines is 1. The monoisotopic (exact) mass is 773 g/mol. The van der Waals surface area contributed by atoms with Crippen LogP contribution in [0.3, 0.4) is 0 Å². The van der Waals surface area contributed by atoms with Crippen molar-refractivity contribution in [1.29, 1.82) is 0 Å². The molecular weight excluding hydrogens is 743 g/mol. The van der Waals surface area contributed by atoms with E-state index < -0.39 is 34.4 Å². The van der Waals surface area contributed by atoms with Gasteiger partial charge in [-0.2, -0.15) is 0 Å². The first-order valence-corrected chi connectivity index (χ1v) is 17.2. The van der Waals surface area contributed by atoms with Gasteiger partial charge >= 0.3 is 0 Å². The number of methoxy groups -OCH3 is 1. The molecule has 0 bridgehead atoms. The van der Waals surface area contributed by atoms with Crippen LogP contribution in [0.5, 0.6) is 5.88 Å². The van der Waals surface area contributed by atoms with Gasteiger partial charge in [-0.3, -0.25) is 18.7 Å². The number of fused-ring (bicyclic) bond motifs is 2. The van der Waals surface area contributed by atoms with E-state index >= 15 is 0 Å². The molecule has 8 rings (SSSR count). The Balaban J connectivity index is 0.000000174. The maximum absolute atomic E-state index is 14.8. The molecule has 8 aromatic rings. The number of hydrogen-bond acceptors (Lipinski definition) is 10. The third-order valence-corrected chi connectivity index (χ3v) is 8.93. The highest BCUT2D eigenvalue weighted by atomic mass is 19.1. The molecule has 12 nitrogen and oxygen atoms in total. The molecule has 0 saturated heterocycles. The quantitative estimate of drug-likeness (QED) is 0.159. The van der Waals surface area contributed by atoms with Gasteiger partial charge in [0.05, 0.1) is 43.9 Å². The Morgan fingerprint density at radius 1 is 0.561 bits per heavy atom. The average Bonchev–Trinajstić information content (AvgIpc) is 3.22. The summed E-state index contributed by atoms with van der Waals surface area (Å²) >= 11 is 0. The zero-order valence-corrected chi connectivity index (χ0v) is 30.6. The smallest absolute Gasteiger partial charge is 0.280 e. The first kappa shape index (κ1) is 37.9.